The summed E-state index contributed by atoms with van der Waals surface area (Å²) in [5.41, 5.74) is 2.36. The van der Waals surface area contributed by atoms with Gasteiger partial charge in [0.25, 0.3) is 5.69 Å². The van der Waals surface area contributed by atoms with Crippen LogP contribution in [0.15, 0.2) is 18.2 Å². The third kappa shape index (κ3) is 13.8. The van der Waals surface area contributed by atoms with Crippen molar-refractivity contribution in [2.75, 3.05) is 52.4 Å². The molecule has 0 aliphatic heterocycles. The highest BCUT2D eigenvalue weighted by atomic mass is 127. The van der Waals surface area contributed by atoms with E-state index in [9.17, 15) is 10.1 Å². The summed E-state index contributed by atoms with van der Waals surface area (Å²) in [5.74, 6) is 0. The van der Waals surface area contributed by atoms with Gasteiger partial charge in [0.15, 0.2) is 0 Å². The van der Waals surface area contributed by atoms with Crippen LogP contribution < -0.4 is 48.0 Å². The van der Waals surface area contributed by atoms with E-state index in [1.807, 2.05) is 12.1 Å². The van der Waals surface area contributed by atoms with E-state index >= 15 is 0 Å². The Bertz CT molecular complexity index is 706. The lowest BCUT2D eigenvalue weighted by Gasteiger charge is -2.35. The van der Waals surface area contributed by atoms with E-state index in [4.69, 9.17) is 0 Å². The summed E-state index contributed by atoms with van der Waals surface area (Å²) in [6.45, 7) is 23.6. The Balaban J connectivity index is 0. The molecule has 5 nitrogen and oxygen atoms in total. The molecular formula is C30H57I2N3O2. The molecule has 0 aliphatic rings. The number of rotatable bonds is 21. The number of benzene rings is 1. The van der Waals surface area contributed by atoms with Crippen LogP contribution in [0.3, 0.4) is 0 Å². The Kier molecular flexibility index (Phi) is 23.0. The topological polar surface area (TPSA) is 43.1 Å². The van der Waals surface area contributed by atoms with Crippen molar-refractivity contribution in [1.82, 2.24) is 0 Å². The van der Waals surface area contributed by atoms with Crippen LogP contribution in [0.2, 0.25) is 0 Å². The number of nitro benzene ring substituents is 1. The van der Waals surface area contributed by atoms with Gasteiger partial charge in [-0.05, 0) is 98.5 Å². The van der Waals surface area contributed by atoms with Crippen LogP contribution in [-0.4, -0.2) is 66.2 Å². The van der Waals surface area contributed by atoms with Crippen LogP contribution in [0.1, 0.15) is 104 Å². The largest absolute Gasteiger partial charge is 1.00 e. The molecule has 0 saturated carbocycles. The number of hydrogen-bond donors (Lipinski definition) is 0. The minimum absolute atomic E-state index is 0. The normalized spacial score (nSPS) is 11.6. The molecule has 0 radical (unpaired) electrons. The highest BCUT2D eigenvalue weighted by Gasteiger charge is 2.20. The predicted molar refractivity (Wildman–Crippen MR) is 151 cm³/mol. The highest BCUT2D eigenvalue weighted by molar-refractivity contribution is 5.43. The zero-order valence-electron chi connectivity index (χ0n) is 24.9. The van der Waals surface area contributed by atoms with Gasteiger partial charge in [-0.3, -0.25) is 10.1 Å². The van der Waals surface area contributed by atoms with Crippen molar-refractivity contribution in [1.29, 1.82) is 0 Å². The Hall–Kier alpha value is 0. The van der Waals surface area contributed by atoms with Crippen LogP contribution in [0.5, 0.6) is 0 Å². The number of aryl methyl sites for hydroxylation is 2. The molecule has 0 N–H and O–H groups in total. The quantitative estimate of drug-likeness (QED) is 0.0632. The van der Waals surface area contributed by atoms with Gasteiger partial charge in [0, 0.05) is 11.6 Å². The molecule has 0 spiro atoms. The van der Waals surface area contributed by atoms with Gasteiger partial charge in [-0.15, -0.1) is 0 Å². The van der Waals surface area contributed by atoms with Crippen molar-refractivity contribution >= 4 is 5.69 Å². The van der Waals surface area contributed by atoms with Gasteiger partial charge >= 0.3 is 0 Å². The molecule has 1 aromatic carbocycles. The molecule has 0 aromatic heterocycles. The first kappa shape index (κ1) is 39.1. The Morgan fingerprint density at radius 1 is 0.622 bits per heavy atom. The zero-order chi connectivity index (χ0) is 26.2. The fraction of sp³-hybridized carbons (Fsp3) is 0.800. The number of nitro groups is 1. The van der Waals surface area contributed by atoms with E-state index in [2.05, 4.69) is 47.6 Å². The lowest BCUT2D eigenvalue weighted by molar-refractivity contribution is -0.923. The summed E-state index contributed by atoms with van der Waals surface area (Å²) in [6, 6.07) is 6.00. The summed E-state index contributed by atoms with van der Waals surface area (Å²) >= 11 is 0. The third-order valence-corrected chi connectivity index (χ3v) is 9.05. The van der Waals surface area contributed by atoms with Crippen molar-refractivity contribution in [2.45, 2.75) is 106 Å². The molecule has 0 heterocycles. The van der Waals surface area contributed by atoms with Gasteiger partial charge in [-0.25, -0.2) is 0 Å². The molecule has 0 bridgehead atoms. The molecule has 0 atom stereocenters. The minimum atomic E-state index is -0.174. The molecule has 0 unspecified atom stereocenters. The van der Waals surface area contributed by atoms with Crippen LogP contribution in [0.25, 0.3) is 0 Å². The van der Waals surface area contributed by atoms with Crippen molar-refractivity contribution in [3.8, 4) is 0 Å². The molecule has 0 amide bonds. The third-order valence-electron chi connectivity index (χ3n) is 9.05. The maximum absolute atomic E-state index is 11.7. The van der Waals surface area contributed by atoms with Gasteiger partial charge in [0.05, 0.1) is 57.3 Å². The number of quaternary nitrogens is 2. The second kappa shape index (κ2) is 21.8. The Morgan fingerprint density at radius 2 is 1.03 bits per heavy atom. The molecule has 218 valence electrons. The number of unbranched alkanes of at least 4 members (excludes halogenated alkanes) is 6. The average molecular weight is 746 g/mol. The first-order chi connectivity index (χ1) is 16.8. The van der Waals surface area contributed by atoms with Crippen LogP contribution in [0, 0.1) is 10.1 Å². The van der Waals surface area contributed by atoms with Crippen LogP contribution >= 0.6 is 0 Å². The number of nitrogens with zero attached hydrogens (tertiary/aromatic N) is 3. The fourth-order valence-electron chi connectivity index (χ4n) is 5.68. The van der Waals surface area contributed by atoms with E-state index in [0.29, 0.717) is 5.69 Å². The van der Waals surface area contributed by atoms with Crippen molar-refractivity contribution in [3.05, 3.63) is 39.4 Å². The van der Waals surface area contributed by atoms with Gasteiger partial charge in [-0.2, -0.15) is 0 Å². The lowest BCUT2D eigenvalue weighted by atomic mass is 9.99. The van der Waals surface area contributed by atoms with Crippen molar-refractivity contribution in [2.24, 2.45) is 0 Å². The van der Waals surface area contributed by atoms with E-state index in [1.165, 1.54) is 93.4 Å². The molecular weight excluding hydrogens is 688 g/mol. The second-order valence-electron chi connectivity index (χ2n) is 10.6. The zero-order valence-corrected chi connectivity index (χ0v) is 29.2. The number of halogens is 2. The molecule has 0 saturated heterocycles. The van der Waals surface area contributed by atoms with Gasteiger partial charge in [0.2, 0.25) is 0 Å². The highest BCUT2D eigenvalue weighted by Crippen LogP contribution is 2.24. The van der Waals surface area contributed by atoms with E-state index in [0.717, 1.165) is 43.2 Å². The second-order valence-corrected chi connectivity index (χ2v) is 10.6. The number of hydrogen-bond acceptors (Lipinski definition) is 2. The lowest BCUT2D eigenvalue weighted by Crippen LogP contribution is -3.00. The molecule has 7 heteroatoms. The van der Waals surface area contributed by atoms with E-state index in [1.54, 1.807) is 0 Å². The summed E-state index contributed by atoms with van der Waals surface area (Å²) in [5, 5.41) is 11.7. The summed E-state index contributed by atoms with van der Waals surface area (Å²) in [6.07, 6.45) is 11.3. The molecule has 0 fully saturated rings. The molecule has 37 heavy (non-hydrogen) atoms. The van der Waals surface area contributed by atoms with E-state index in [-0.39, 0.29) is 52.9 Å². The summed E-state index contributed by atoms with van der Waals surface area (Å²) < 4.78 is 2.44. The maximum atomic E-state index is 11.7. The Labute approximate surface area is 263 Å². The van der Waals surface area contributed by atoms with Gasteiger partial charge in [-0.1, -0.05) is 25.0 Å². The fourth-order valence-corrected chi connectivity index (χ4v) is 5.68. The van der Waals surface area contributed by atoms with E-state index < -0.39 is 0 Å². The standard InChI is InChI=1S/C30H57N3O2.2HI/c1-7-32(8-2,9-3)25-19-15-13-17-21-28-23-24-29(30(27-28)31(34)35)22-18-14-16-20-26-33(10-4,11-5)12-6;;/h23-24,27H,7-22,25-26H2,1-6H3;2*1H/q+2;;/p-2. The predicted octanol–water partition coefficient (Wildman–Crippen LogP) is 1.56. The summed E-state index contributed by atoms with van der Waals surface area (Å²) in [7, 11) is 0. The van der Waals surface area contributed by atoms with Gasteiger partial charge < -0.3 is 56.9 Å². The van der Waals surface area contributed by atoms with Crippen LogP contribution in [0.4, 0.5) is 5.69 Å². The minimum Gasteiger partial charge on any atom is -1.00 e. The van der Waals surface area contributed by atoms with Gasteiger partial charge in [0.1, 0.15) is 0 Å². The van der Waals surface area contributed by atoms with Crippen molar-refractivity contribution < 1.29 is 61.8 Å². The molecule has 0 aliphatic carbocycles. The smallest absolute Gasteiger partial charge is 0.272 e. The SMILES string of the molecule is CC[N+](CC)(CC)CCCCCCc1ccc(CCCCCC[N+](CC)(CC)CC)c([N+](=O)[O-])c1.[I-].[I-]. The van der Waals surface area contributed by atoms with Crippen LogP contribution in [-0.2, 0) is 12.8 Å². The Morgan fingerprint density at radius 3 is 1.43 bits per heavy atom. The first-order valence-electron chi connectivity index (χ1n) is 14.8. The molecule has 1 aromatic rings. The average Bonchev–Trinajstić information content (AvgIpc) is 2.89. The van der Waals surface area contributed by atoms with Crippen molar-refractivity contribution in [3.63, 3.8) is 0 Å². The first-order valence-corrected chi connectivity index (χ1v) is 14.8. The maximum Gasteiger partial charge on any atom is 0.272 e. The monoisotopic (exact) mass is 745 g/mol. The molecule has 1 rings (SSSR count). The summed E-state index contributed by atoms with van der Waals surface area (Å²) in [4.78, 5) is 11.5.